The molecule has 3 N–H and O–H groups in total. The summed E-state index contributed by atoms with van der Waals surface area (Å²) in [7, 11) is 0. The van der Waals surface area contributed by atoms with E-state index in [0.717, 1.165) is 5.56 Å². The molecule has 2 aromatic carbocycles. The number of ketones is 1. The molecule has 0 atom stereocenters. The number of carbonyl (C=O) groups is 1. The Kier molecular flexibility index (Phi) is 3.58. The Balaban J connectivity index is 1.99. The number of carbonyl (C=O) groups excluding carboxylic acids is 1. The van der Waals surface area contributed by atoms with Gasteiger partial charge in [0.2, 0.25) is 0 Å². The Hall–Kier alpha value is -3.14. The number of hydrogen-bond acceptors (Lipinski definition) is 4. The van der Waals surface area contributed by atoms with Crippen molar-refractivity contribution in [1.82, 2.24) is 4.98 Å². The van der Waals surface area contributed by atoms with Gasteiger partial charge in [-0.05, 0) is 18.2 Å². The van der Waals surface area contributed by atoms with E-state index in [0.29, 0.717) is 16.9 Å². The summed E-state index contributed by atoms with van der Waals surface area (Å²) in [5.74, 6) is -0.366. The van der Waals surface area contributed by atoms with Crippen molar-refractivity contribution >= 4 is 11.5 Å². The van der Waals surface area contributed by atoms with Gasteiger partial charge in [0.25, 0.3) is 0 Å². The van der Waals surface area contributed by atoms with Crippen LogP contribution in [-0.4, -0.2) is 15.9 Å². The highest BCUT2D eigenvalue weighted by Gasteiger charge is 2.15. The molecule has 0 spiro atoms. The van der Waals surface area contributed by atoms with Crippen molar-refractivity contribution < 1.29 is 9.90 Å². The molecule has 0 aliphatic carbocycles. The van der Waals surface area contributed by atoms with E-state index in [2.05, 4.69) is 4.98 Å². The van der Waals surface area contributed by atoms with Gasteiger partial charge in [0.15, 0.2) is 5.78 Å². The maximum atomic E-state index is 12.4. The van der Waals surface area contributed by atoms with Crippen LogP contribution in [-0.2, 0) is 0 Å². The van der Waals surface area contributed by atoms with Crippen LogP contribution in [0.2, 0.25) is 0 Å². The molecule has 4 nitrogen and oxygen atoms in total. The number of aromatic hydroxyl groups is 1. The molecule has 0 fully saturated rings. The van der Waals surface area contributed by atoms with Crippen molar-refractivity contribution in [3.05, 3.63) is 78.0 Å². The number of aromatic nitrogens is 1. The van der Waals surface area contributed by atoms with E-state index < -0.39 is 0 Å². The van der Waals surface area contributed by atoms with Gasteiger partial charge in [-0.2, -0.15) is 0 Å². The van der Waals surface area contributed by atoms with Crippen LogP contribution < -0.4 is 5.73 Å². The van der Waals surface area contributed by atoms with Gasteiger partial charge in [0, 0.05) is 17.3 Å². The smallest absolute Gasteiger partial charge is 0.198 e. The van der Waals surface area contributed by atoms with E-state index in [4.69, 9.17) is 5.73 Å². The number of benzene rings is 2. The lowest BCUT2D eigenvalue weighted by Gasteiger charge is -2.08. The Bertz CT molecular complexity index is 830. The molecule has 0 amide bonds. The molecule has 0 bridgehead atoms. The van der Waals surface area contributed by atoms with E-state index in [9.17, 15) is 9.90 Å². The molecular weight excluding hydrogens is 276 g/mol. The molecule has 0 saturated heterocycles. The summed E-state index contributed by atoms with van der Waals surface area (Å²) in [5, 5.41) is 9.77. The van der Waals surface area contributed by atoms with Gasteiger partial charge in [-0.15, -0.1) is 0 Å². The number of phenolic OH excluding ortho intramolecular Hbond substituents is 1. The van der Waals surface area contributed by atoms with Gasteiger partial charge in [0.05, 0.1) is 16.9 Å². The molecule has 1 heterocycles. The largest absolute Gasteiger partial charge is 0.507 e. The Morgan fingerprint density at radius 3 is 2.36 bits per heavy atom. The molecule has 3 rings (SSSR count). The van der Waals surface area contributed by atoms with Crippen molar-refractivity contribution in [2.75, 3.05) is 5.73 Å². The fourth-order valence-electron chi connectivity index (χ4n) is 2.26. The lowest BCUT2D eigenvalue weighted by Crippen LogP contribution is -2.04. The zero-order valence-corrected chi connectivity index (χ0v) is 11.7. The van der Waals surface area contributed by atoms with Crippen LogP contribution in [0.15, 0.2) is 66.9 Å². The second-order valence-electron chi connectivity index (χ2n) is 4.87. The van der Waals surface area contributed by atoms with E-state index >= 15 is 0 Å². The number of pyridine rings is 1. The SMILES string of the molecule is Nc1cc(C(=O)c2ccccc2O)cnc1-c1ccccc1. The highest BCUT2D eigenvalue weighted by atomic mass is 16.3. The molecule has 4 heteroatoms. The minimum absolute atomic E-state index is 0.0572. The van der Waals surface area contributed by atoms with Crippen LogP contribution in [0.3, 0.4) is 0 Å². The fraction of sp³-hybridized carbons (Fsp3) is 0. The predicted octanol–water partition coefficient (Wildman–Crippen LogP) is 3.27. The monoisotopic (exact) mass is 290 g/mol. The zero-order valence-electron chi connectivity index (χ0n) is 11.7. The minimum Gasteiger partial charge on any atom is -0.507 e. The Labute approximate surface area is 127 Å². The van der Waals surface area contributed by atoms with E-state index in [1.807, 2.05) is 30.3 Å². The molecule has 1 aromatic heterocycles. The fourth-order valence-corrected chi connectivity index (χ4v) is 2.26. The van der Waals surface area contributed by atoms with Gasteiger partial charge >= 0.3 is 0 Å². The predicted molar refractivity (Wildman–Crippen MR) is 85.6 cm³/mol. The second kappa shape index (κ2) is 5.69. The van der Waals surface area contributed by atoms with Gasteiger partial charge in [0.1, 0.15) is 5.75 Å². The molecule has 0 saturated carbocycles. The number of phenols is 1. The average Bonchev–Trinajstić information content (AvgIpc) is 2.55. The van der Waals surface area contributed by atoms with Crippen molar-refractivity contribution in [3.8, 4) is 17.0 Å². The first-order valence-corrected chi connectivity index (χ1v) is 6.80. The number of para-hydroxylation sites is 1. The van der Waals surface area contributed by atoms with Gasteiger partial charge < -0.3 is 10.8 Å². The first-order chi connectivity index (χ1) is 10.7. The average molecular weight is 290 g/mol. The molecular formula is C18H14N2O2. The third-order valence-corrected chi connectivity index (χ3v) is 3.38. The van der Waals surface area contributed by atoms with Crippen LogP contribution in [0.4, 0.5) is 5.69 Å². The number of nitrogen functional groups attached to an aromatic ring is 1. The van der Waals surface area contributed by atoms with Gasteiger partial charge in [-0.1, -0.05) is 42.5 Å². The summed E-state index contributed by atoms with van der Waals surface area (Å²) in [5.41, 5.74) is 8.56. The van der Waals surface area contributed by atoms with Crippen molar-refractivity contribution in [1.29, 1.82) is 0 Å². The van der Waals surface area contributed by atoms with E-state index in [1.165, 1.54) is 12.3 Å². The number of nitrogens with two attached hydrogens (primary N) is 1. The lowest BCUT2D eigenvalue weighted by molar-refractivity contribution is 0.103. The van der Waals surface area contributed by atoms with Gasteiger partial charge in [-0.25, -0.2) is 0 Å². The summed E-state index contributed by atoms with van der Waals surface area (Å²) in [6.45, 7) is 0. The number of anilines is 1. The summed E-state index contributed by atoms with van der Waals surface area (Å²) in [6, 6.07) is 17.5. The Morgan fingerprint density at radius 2 is 1.68 bits per heavy atom. The molecule has 0 aliphatic rings. The molecule has 108 valence electrons. The minimum atomic E-state index is -0.308. The summed E-state index contributed by atoms with van der Waals surface area (Å²) in [6.07, 6.45) is 1.48. The van der Waals surface area contributed by atoms with Crippen LogP contribution in [0, 0.1) is 0 Å². The highest BCUT2D eigenvalue weighted by molar-refractivity contribution is 6.11. The number of nitrogens with zero attached hydrogens (tertiary/aromatic N) is 1. The maximum absolute atomic E-state index is 12.4. The van der Waals surface area contributed by atoms with Crippen LogP contribution in [0.5, 0.6) is 5.75 Å². The molecule has 3 aromatic rings. The first kappa shape index (κ1) is 13.8. The third kappa shape index (κ3) is 2.54. The van der Waals surface area contributed by atoms with E-state index in [1.54, 1.807) is 24.3 Å². The first-order valence-electron chi connectivity index (χ1n) is 6.80. The zero-order chi connectivity index (χ0) is 15.5. The van der Waals surface area contributed by atoms with Gasteiger partial charge in [-0.3, -0.25) is 9.78 Å². The number of rotatable bonds is 3. The van der Waals surface area contributed by atoms with Crippen molar-refractivity contribution in [2.45, 2.75) is 0 Å². The lowest BCUT2D eigenvalue weighted by atomic mass is 10.0. The van der Waals surface area contributed by atoms with Crippen molar-refractivity contribution in [2.24, 2.45) is 0 Å². The van der Waals surface area contributed by atoms with Crippen LogP contribution in [0.25, 0.3) is 11.3 Å². The Morgan fingerprint density at radius 1 is 1.00 bits per heavy atom. The topological polar surface area (TPSA) is 76.2 Å². The highest BCUT2D eigenvalue weighted by Crippen LogP contribution is 2.26. The molecule has 0 unspecified atom stereocenters. The normalized spacial score (nSPS) is 10.4. The van der Waals surface area contributed by atoms with E-state index in [-0.39, 0.29) is 17.1 Å². The second-order valence-corrected chi connectivity index (χ2v) is 4.87. The standard InChI is InChI=1S/C18H14N2O2/c19-15-10-13(18(22)14-8-4-5-9-16(14)21)11-20-17(15)12-6-2-1-3-7-12/h1-11,21H,19H2. The summed E-state index contributed by atoms with van der Waals surface area (Å²) in [4.78, 5) is 16.7. The van der Waals surface area contributed by atoms with Crippen LogP contribution in [0.1, 0.15) is 15.9 Å². The third-order valence-electron chi connectivity index (χ3n) is 3.38. The summed E-state index contributed by atoms with van der Waals surface area (Å²) >= 11 is 0. The number of hydrogen-bond donors (Lipinski definition) is 2. The maximum Gasteiger partial charge on any atom is 0.198 e. The molecule has 0 aliphatic heterocycles. The quantitative estimate of drug-likeness (QED) is 0.726. The van der Waals surface area contributed by atoms with Crippen molar-refractivity contribution in [3.63, 3.8) is 0 Å². The molecule has 22 heavy (non-hydrogen) atoms. The molecule has 0 radical (unpaired) electrons. The van der Waals surface area contributed by atoms with Crippen LogP contribution >= 0.6 is 0 Å². The summed E-state index contributed by atoms with van der Waals surface area (Å²) < 4.78 is 0.